The molecular formula is C12H16F2N2O3S. The van der Waals surface area contributed by atoms with E-state index in [0.29, 0.717) is 25.1 Å². The van der Waals surface area contributed by atoms with Crippen molar-refractivity contribution in [2.75, 3.05) is 6.54 Å². The van der Waals surface area contributed by atoms with Gasteiger partial charge < -0.3 is 5.32 Å². The number of carbonyl (C=O) groups is 1. The molecule has 1 amide bonds. The van der Waals surface area contributed by atoms with Crippen LogP contribution in [0.4, 0.5) is 8.78 Å². The van der Waals surface area contributed by atoms with Crippen molar-refractivity contribution in [3.05, 3.63) is 29.8 Å². The van der Waals surface area contributed by atoms with Crippen LogP contribution in [0.5, 0.6) is 0 Å². The highest BCUT2D eigenvalue weighted by Gasteiger charge is 2.25. The van der Waals surface area contributed by atoms with E-state index in [-0.39, 0.29) is 0 Å². The van der Waals surface area contributed by atoms with Crippen LogP contribution in [0, 0.1) is 11.6 Å². The molecule has 0 saturated heterocycles. The van der Waals surface area contributed by atoms with Crippen LogP contribution >= 0.6 is 0 Å². The second kappa shape index (κ2) is 6.76. The highest BCUT2D eigenvalue weighted by Crippen LogP contribution is 2.15. The average molecular weight is 306 g/mol. The maximum Gasteiger partial charge on any atom is 0.244 e. The molecule has 5 nitrogen and oxygen atoms in total. The molecule has 1 atom stereocenters. The van der Waals surface area contributed by atoms with Gasteiger partial charge in [0.15, 0.2) is 0 Å². The molecule has 0 aromatic heterocycles. The summed E-state index contributed by atoms with van der Waals surface area (Å²) in [7, 11) is -4.31. The Bertz CT molecular complexity index is 590. The summed E-state index contributed by atoms with van der Waals surface area (Å²) in [6, 6.07) is 1.00. The molecule has 0 bridgehead atoms. The van der Waals surface area contributed by atoms with Crippen molar-refractivity contribution < 1.29 is 22.0 Å². The SMILES string of the molecule is CCCNC(=O)[C@H](C)NS(=O)(=O)c1cc(F)ccc1F. The standard InChI is InChI=1S/C12H16F2N2O3S/c1-3-6-15-12(17)8(2)16-20(18,19)11-7-9(13)4-5-10(11)14/h4-5,7-8,16H,3,6H2,1-2H3,(H,15,17)/t8-/m0/s1. The summed E-state index contributed by atoms with van der Waals surface area (Å²) >= 11 is 0. The highest BCUT2D eigenvalue weighted by molar-refractivity contribution is 7.89. The third-order valence-electron chi connectivity index (χ3n) is 2.46. The quantitative estimate of drug-likeness (QED) is 0.828. The maximum absolute atomic E-state index is 13.4. The van der Waals surface area contributed by atoms with Crippen LogP contribution in [0.25, 0.3) is 0 Å². The summed E-state index contributed by atoms with van der Waals surface area (Å²) in [5.41, 5.74) is 0. The lowest BCUT2D eigenvalue weighted by Gasteiger charge is -2.14. The number of hydrogen-bond acceptors (Lipinski definition) is 3. The highest BCUT2D eigenvalue weighted by atomic mass is 32.2. The molecule has 0 radical (unpaired) electrons. The van der Waals surface area contributed by atoms with Gasteiger partial charge in [-0.3, -0.25) is 4.79 Å². The number of rotatable bonds is 6. The van der Waals surface area contributed by atoms with E-state index in [0.717, 1.165) is 6.07 Å². The molecular weight excluding hydrogens is 290 g/mol. The van der Waals surface area contributed by atoms with Crippen molar-refractivity contribution in [1.29, 1.82) is 0 Å². The van der Waals surface area contributed by atoms with Crippen molar-refractivity contribution in [1.82, 2.24) is 10.0 Å². The Morgan fingerprint density at radius 2 is 2.00 bits per heavy atom. The summed E-state index contributed by atoms with van der Waals surface area (Å²) < 4.78 is 52.2. The number of hydrogen-bond donors (Lipinski definition) is 2. The lowest BCUT2D eigenvalue weighted by molar-refractivity contribution is -0.122. The van der Waals surface area contributed by atoms with Crippen LogP contribution in [-0.4, -0.2) is 26.9 Å². The summed E-state index contributed by atoms with van der Waals surface area (Å²) in [5.74, 6) is -2.50. The minimum Gasteiger partial charge on any atom is -0.355 e. The summed E-state index contributed by atoms with van der Waals surface area (Å²) in [5, 5.41) is 2.50. The van der Waals surface area contributed by atoms with E-state index in [1.165, 1.54) is 6.92 Å². The Morgan fingerprint density at radius 1 is 1.35 bits per heavy atom. The van der Waals surface area contributed by atoms with Crippen molar-refractivity contribution in [3.8, 4) is 0 Å². The van der Waals surface area contributed by atoms with E-state index < -0.39 is 38.5 Å². The topological polar surface area (TPSA) is 75.3 Å². The van der Waals surface area contributed by atoms with Crippen LogP contribution in [0.2, 0.25) is 0 Å². The molecule has 8 heteroatoms. The predicted molar refractivity (Wildman–Crippen MR) is 69.4 cm³/mol. The van der Waals surface area contributed by atoms with Gasteiger partial charge in [-0.05, 0) is 31.5 Å². The van der Waals surface area contributed by atoms with Crippen molar-refractivity contribution in [2.24, 2.45) is 0 Å². The lowest BCUT2D eigenvalue weighted by atomic mass is 10.3. The summed E-state index contributed by atoms with van der Waals surface area (Å²) in [6.07, 6.45) is 0.698. The Balaban J connectivity index is 2.89. The fourth-order valence-electron chi connectivity index (χ4n) is 1.43. The van der Waals surface area contributed by atoms with Crippen molar-refractivity contribution in [2.45, 2.75) is 31.2 Å². The monoisotopic (exact) mass is 306 g/mol. The van der Waals surface area contributed by atoms with E-state index in [9.17, 15) is 22.0 Å². The number of sulfonamides is 1. The molecule has 112 valence electrons. The normalized spacial score (nSPS) is 13.0. The molecule has 0 fully saturated rings. The first-order valence-electron chi connectivity index (χ1n) is 6.03. The van der Waals surface area contributed by atoms with E-state index >= 15 is 0 Å². The molecule has 0 unspecified atom stereocenters. The number of halogens is 2. The molecule has 1 aromatic rings. The zero-order chi connectivity index (χ0) is 15.3. The minimum atomic E-state index is -4.31. The van der Waals surface area contributed by atoms with Gasteiger partial charge >= 0.3 is 0 Å². The summed E-state index contributed by atoms with van der Waals surface area (Å²) in [6.45, 7) is 3.57. The van der Waals surface area contributed by atoms with Gasteiger partial charge in [0.05, 0.1) is 6.04 Å². The third kappa shape index (κ3) is 4.24. The van der Waals surface area contributed by atoms with Gasteiger partial charge in [0.25, 0.3) is 0 Å². The van der Waals surface area contributed by atoms with E-state index in [4.69, 9.17) is 0 Å². The number of nitrogens with one attached hydrogen (secondary N) is 2. The number of benzene rings is 1. The molecule has 1 rings (SSSR count). The van der Waals surface area contributed by atoms with Crippen LogP contribution in [0.3, 0.4) is 0 Å². The Labute approximate surface area is 116 Å². The first kappa shape index (κ1) is 16.5. The molecule has 0 aliphatic carbocycles. The Kier molecular flexibility index (Phi) is 5.58. The molecule has 0 spiro atoms. The average Bonchev–Trinajstić information content (AvgIpc) is 2.38. The van der Waals surface area contributed by atoms with Gasteiger partial charge in [0.2, 0.25) is 15.9 Å². The van der Waals surface area contributed by atoms with Crippen molar-refractivity contribution >= 4 is 15.9 Å². The van der Waals surface area contributed by atoms with Crippen LogP contribution in [-0.2, 0) is 14.8 Å². The van der Waals surface area contributed by atoms with Crippen LogP contribution in [0.1, 0.15) is 20.3 Å². The number of amides is 1. The maximum atomic E-state index is 13.4. The number of carbonyl (C=O) groups excluding carboxylic acids is 1. The first-order chi connectivity index (χ1) is 9.27. The zero-order valence-corrected chi connectivity index (χ0v) is 11.9. The molecule has 20 heavy (non-hydrogen) atoms. The van der Waals surface area contributed by atoms with E-state index in [1.54, 1.807) is 0 Å². The first-order valence-corrected chi connectivity index (χ1v) is 7.51. The Morgan fingerprint density at radius 3 is 2.60 bits per heavy atom. The molecule has 0 saturated carbocycles. The Hall–Kier alpha value is -1.54. The molecule has 0 heterocycles. The van der Waals surface area contributed by atoms with Gasteiger partial charge in [0, 0.05) is 6.54 Å². The fourth-order valence-corrected chi connectivity index (χ4v) is 2.73. The van der Waals surface area contributed by atoms with Crippen LogP contribution < -0.4 is 10.0 Å². The summed E-state index contributed by atoms with van der Waals surface area (Å²) in [4.78, 5) is 10.7. The largest absolute Gasteiger partial charge is 0.355 e. The lowest BCUT2D eigenvalue weighted by Crippen LogP contribution is -2.45. The molecule has 0 aliphatic heterocycles. The van der Waals surface area contributed by atoms with Gasteiger partial charge in [-0.25, -0.2) is 17.2 Å². The van der Waals surface area contributed by atoms with E-state index in [2.05, 4.69) is 5.32 Å². The van der Waals surface area contributed by atoms with E-state index in [1.807, 2.05) is 11.6 Å². The minimum absolute atomic E-state index is 0.402. The fraction of sp³-hybridized carbons (Fsp3) is 0.417. The van der Waals surface area contributed by atoms with Crippen LogP contribution in [0.15, 0.2) is 23.1 Å². The second-order valence-electron chi connectivity index (χ2n) is 4.21. The zero-order valence-electron chi connectivity index (χ0n) is 11.1. The van der Waals surface area contributed by atoms with Gasteiger partial charge in [-0.1, -0.05) is 6.92 Å². The van der Waals surface area contributed by atoms with Gasteiger partial charge in [-0.15, -0.1) is 0 Å². The molecule has 0 aliphatic rings. The molecule has 1 aromatic carbocycles. The van der Waals surface area contributed by atoms with Crippen molar-refractivity contribution in [3.63, 3.8) is 0 Å². The third-order valence-corrected chi connectivity index (χ3v) is 4.01. The molecule has 2 N–H and O–H groups in total. The smallest absolute Gasteiger partial charge is 0.244 e. The van der Waals surface area contributed by atoms with Gasteiger partial charge in [-0.2, -0.15) is 4.72 Å². The second-order valence-corrected chi connectivity index (χ2v) is 5.89. The predicted octanol–water partition coefficient (Wildman–Crippen LogP) is 1.16. The van der Waals surface area contributed by atoms with Gasteiger partial charge in [0.1, 0.15) is 16.5 Å².